The Bertz CT molecular complexity index is 1360. The van der Waals surface area contributed by atoms with Gasteiger partial charge in [-0.15, -0.1) is 0 Å². The number of fused-ring (bicyclic) bond motifs is 2. The number of carbonyl (C=O) groups is 3. The smallest absolute Gasteiger partial charge is 0.344 e. The molecule has 1 aromatic heterocycles. The van der Waals surface area contributed by atoms with Gasteiger partial charge in [0.2, 0.25) is 11.8 Å². The van der Waals surface area contributed by atoms with Gasteiger partial charge in [-0.2, -0.15) is 0 Å². The Balaban J connectivity index is 1.58. The second-order valence-corrected chi connectivity index (χ2v) is 10.4. The summed E-state index contributed by atoms with van der Waals surface area (Å²) in [6.45, 7) is 3.59. The van der Waals surface area contributed by atoms with Crippen LogP contribution in [0.1, 0.15) is 28.8 Å². The minimum atomic E-state index is -0.736. The highest BCUT2D eigenvalue weighted by atomic mass is 32.2. The molecule has 1 N–H and O–H groups in total. The number of para-hydroxylation sites is 1. The molecule has 10 heteroatoms. The van der Waals surface area contributed by atoms with E-state index in [0.717, 1.165) is 16.9 Å². The van der Waals surface area contributed by atoms with Crippen molar-refractivity contribution in [2.75, 3.05) is 18.1 Å². The van der Waals surface area contributed by atoms with Crippen molar-refractivity contribution < 1.29 is 23.9 Å². The molecule has 0 aliphatic carbocycles. The molecule has 0 bridgehead atoms. The summed E-state index contributed by atoms with van der Waals surface area (Å²) in [4.78, 5) is 56.0. The van der Waals surface area contributed by atoms with Crippen LogP contribution < -0.4 is 14.5 Å². The average molecular weight is 511 g/mol. The van der Waals surface area contributed by atoms with Crippen LogP contribution in [0.4, 0.5) is 5.69 Å². The maximum Gasteiger partial charge on any atom is 0.344 e. The molecule has 2 amide bonds. The number of nitrogens with zero attached hydrogens (tertiary/aromatic N) is 1. The van der Waals surface area contributed by atoms with Crippen LogP contribution in [0.3, 0.4) is 0 Å². The first kappa shape index (κ1) is 23.4. The standard InChI is InChI=1S/C25H22N2O6S2/c1-3-32-17(28)12-33-16-7-5-4-6-15(16)18-19-21(34-22-20(18)35-25(31)26-22)24(30)27(23(19)29)14-10-8-13(2)9-11-14/h4-11,18-19,21H,3,12H2,1-2H3,(H,26,31)/t18-,19?,21?/m1/s1. The number of imide groups is 1. The Hall–Kier alpha value is -3.37. The zero-order chi connectivity index (χ0) is 24.7. The summed E-state index contributed by atoms with van der Waals surface area (Å²) in [5, 5.41) is -0.122. The number of rotatable bonds is 6. The van der Waals surface area contributed by atoms with Gasteiger partial charge in [0, 0.05) is 16.4 Å². The molecule has 180 valence electrons. The number of nitrogens with one attached hydrogen (secondary N) is 1. The summed E-state index contributed by atoms with van der Waals surface area (Å²) in [5.74, 6) is -2.08. The van der Waals surface area contributed by atoms with Crippen molar-refractivity contribution in [2.24, 2.45) is 5.92 Å². The van der Waals surface area contributed by atoms with E-state index in [4.69, 9.17) is 9.47 Å². The van der Waals surface area contributed by atoms with Gasteiger partial charge in [-0.05, 0) is 32.0 Å². The first-order valence-corrected chi connectivity index (χ1v) is 12.8. The Morgan fingerprint density at radius 3 is 2.54 bits per heavy atom. The molecule has 1 fully saturated rings. The third kappa shape index (κ3) is 4.17. The number of aromatic nitrogens is 1. The minimum Gasteiger partial charge on any atom is -0.482 e. The van der Waals surface area contributed by atoms with Crippen LogP contribution in [0.25, 0.3) is 0 Å². The van der Waals surface area contributed by atoms with Crippen molar-refractivity contribution in [3.8, 4) is 5.75 Å². The molecule has 3 atom stereocenters. The summed E-state index contributed by atoms with van der Waals surface area (Å²) >= 11 is 2.24. The number of anilines is 1. The summed E-state index contributed by atoms with van der Waals surface area (Å²) in [6.07, 6.45) is 0. The van der Waals surface area contributed by atoms with Crippen molar-refractivity contribution in [2.45, 2.75) is 30.0 Å². The van der Waals surface area contributed by atoms with Gasteiger partial charge in [0.1, 0.15) is 11.0 Å². The van der Waals surface area contributed by atoms with Crippen LogP contribution >= 0.6 is 23.1 Å². The first-order valence-electron chi connectivity index (χ1n) is 11.1. The van der Waals surface area contributed by atoms with E-state index in [-0.39, 0.29) is 29.9 Å². The van der Waals surface area contributed by atoms with Crippen molar-refractivity contribution in [1.82, 2.24) is 4.98 Å². The predicted molar refractivity (Wildman–Crippen MR) is 132 cm³/mol. The van der Waals surface area contributed by atoms with E-state index in [9.17, 15) is 19.2 Å². The highest BCUT2D eigenvalue weighted by Gasteiger charge is 2.56. The molecule has 0 saturated carbocycles. The molecule has 0 radical (unpaired) electrons. The highest BCUT2D eigenvalue weighted by Crippen LogP contribution is 2.54. The van der Waals surface area contributed by atoms with E-state index < -0.39 is 23.1 Å². The molecule has 35 heavy (non-hydrogen) atoms. The summed E-state index contributed by atoms with van der Waals surface area (Å²) < 4.78 is 10.8. The Kier molecular flexibility index (Phi) is 6.24. The summed E-state index contributed by atoms with van der Waals surface area (Å²) in [6, 6.07) is 14.3. The predicted octanol–water partition coefficient (Wildman–Crippen LogP) is 3.48. The van der Waals surface area contributed by atoms with Gasteiger partial charge in [0.05, 0.1) is 23.2 Å². The van der Waals surface area contributed by atoms with Crippen molar-refractivity contribution in [3.05, 3.63) is 74.2 Å². The van der Waals surface area contributed by atoms with Gasteiger partial charge in [-0.3, -0.25) is 14.4 Å². The molecular weight excluding hydrogens is 488 g/mol. The van der Waals surface area contributed by atoms with Gasteiger partial charge < -0.3 is 14.5 Å². The van der Waals surface area contributed by atoms with Crippen LogP contribution in [0.15, 0.2) is 58.4 Å². The van der Waals surface area contributed by atoms with E-state index in [1.807, 2.05) is 19.1 Å². The van der Waals surface area contributed by atoms with E-state index in [2.05, 4.69) is 4.98 Å². The number of thiazole rings is 1. The Morgan fingerprint density at radius 1 is 1.06 bits per heavy atom. The largest absolute Gasteiger partial charge is 0.482 e. The fraction of sp³-hybridized carbons (Fsp3) is 0.280. The van der Waals surface area contributed by atoms with E-state index in [0.29, 0.717) is 26.9 Å². The molecule has 2 aromatic carbocycles. The quantitative estimate of drug-likeness (QED) is 0.400. The number of aromatic amines is 1. The number of hydrogen-bond donors (Lipinski definition) is 1. The zero-order valence-electron chi connectivity index (χ0n) is 19.0. The fourth-order valence-corrected chi connectivity index (χ4v) is 7.01. The van der Waals surface area contributed by atoms with E-state index in [1.165, 1.54) is 16.7 Å². The normalized spacial score (nSPS) is 21.0. The monoisotopic (exact) mass is 510 g/mol. The third-order valence-corrected chi connectivity index (χ3v) is 8.42. The number of aryl methyl sites for hydroxylation is 1. The number of H-pyrrole nitrogens is 1. The Morgan fingerprint density at radius 2 is 1.80 bits per heavy atom. The molecule has 5 rings (SSSR count). The van der Waals surface area contributed by atoms with Crippen LogP contribution in [0.5, 0.6) is 5.75 Å². The van der Waals surface area contributed by atoms with E-state index in [1.54, 1.807) is 43.3 Å². The van der Waals surface area contributed by atoms with Gasteiger partial charge >= 0.3 is 10.8 Å². The summed E-state index contributed by atoms with van der Waals surface area (Å²) in [7, 11) is 0. The number of hydrogen-bond acceptors (Lipinski definition) is 8. The van der Waals surface area contributed by atoms with Crippen LogP contribution in [-0.2, 0) is 19.1 Å². The third-order valence-electron chi connectivity index (χ3n) is 6.02. The van der Waals surface area contributed by atoms with Crippen LogP contribution in [-0.4, -0.2) is 41.2 Å². The highest BCUT2D eigenvalue weighted by molar-refractivity contribution is 8.00. The Labute approximate surface area is 209 Å². The molecule has 1 saturated heterocycles. The van der Waals surface area contributed by atoms with Crippen molar-refractivity contribution in [3.63, 3.8) is 0 Å². The maximum atomic E-state index is 13.8. The second kappa shape index (κ2) is 9.35. The van der Waals surface area contributed by atoms with Crippen molar-refractivity contribution >= 4 is 46.6 Å². The SMILES string of the molecule is CCOC(=O)COc1ccccc1[C@H]1c2sc(=O)[nH]c2SC2C(=O)N(c3ccc(C)cc3)C(=O)C21. The van der Waals surface area contributed by atoms with Gasteiger partial charge in [-0.25, -0.2) is 9.69 Å². The maximum absolute atomic E-state index is 13.8. The lowest BCUT2D eigenvalue weighted by Gasteiger charge is -2.30. The number of carbonyl (C=O) groups excluding carboxylic acids is 3. The topological polar surface area (TPSA) is 106 Å². The molecule has 8 nitrogen and oxygen atoms in total. The molecule has 3 heterocycles. The first-order chi connectivity index (χ1) is 16.9. The average Bonchev–Trinajstić information content (AvgIpc) is 3.33. The number of amides is 2. The minimum absolute atomic E-state index is 0.236. The zero-order valence-corrected chi connectivity index (χ0v) is 20.6. The lowest BCUT2D eigenvalue weighted by atomic mass is 9.82. The molecule has 2 unspecified atom stereocenters. The second-order valence-electron chi connectivity index (χ2n) is 8.23. The molecule has 2 aliphatic heterocycles. The number of ether oxygens (including phenoxy) is 2. The molecule has 3 aromatic rings. The molecule has 2 aliphatic rings. The number of thioether (sulfide) groups is 1. The van der Waals surface area contributed by atoms with Crippen LogP contribution in [0, 0.1) is 12.8 Å². The van der Waals surface area contributed by atoms with E-state index >= 15 is 0 Å². The lowest BCUT2D eigenvalue weighted by molar-refractivity contribution is -0.145. The number of benzene rings is 2. The van der Waals surface area contributed by atoms with Crippen LogP contribution in [0.2, 0.25) is 0 Å². The lowest BCUT2D eigenvalue weighted by Crippen LogP contribution is -2.32. The number of esters is 1. The molecular formula is C25H22N2O6S2. The fourth-order valence-electron chi connectivity index (χ4n) is 4.51. The van der Waals surface area contributed by atoms with Gasteiger partial charge in [0.15, 0.2) is 6.61 Å². The molecule has 0 spiro atoms. The van der Waals surface area contributed by atoms with Gasteiger partial charge in [0.25, 0.3) is 0 Å². The van der Waals surface area contributed by atoms with Gasteiger partial charge in [-0.1, -0.05) is 59.0 Å². The van der Waals surface area contributed by atoms with Crippen molar-refractivity contribution in [1.29, 1.82) is 0 Å². The summed E-state index contributed by atoms with van der Waals surface area (Å²) in [5.41, 5.74) is 2.17.